The van der Waals surface area contributed by atoms with Crippen molar-refractivity contribution in [3.63, 3.8) is 0 Å². The van der Waals surface area contributed by atoms with Crippen LogP contribution in [0.4, 0.5) is 16.0 Å². The standard InChI is InChI=1S/C49H62FN9O5S2/c1-5-39(66(51,63)64)36-7-6-8-37(41(36)50)42-43(65-46(56-42)48(2,3)4)38-15-20-52-47(54-38)53-33-25-49(26-33)28-57(29-49)27-30-16-21-59(22-17-30)45(62)32-18-23-58(24-19-32)34-11-9-31(10-12-34)35-13-14-40(60)55-44(35)61/h6-12,15,20,30,32-33,35,39H,5,13-14,16-19,21-29H2,1-4H3,(H2,51,63,64)(H,52,53,54)(H,55,60,61). The summed E-state index contributed by atoms with van der Waals surface area (Å²) in [5.74, 6) is 0.117. The van der Waals surface area contributed by atoms with E-state index in [9.17, 15) is 22.8 Å². The number of sulfonamides is 1. The highest BCUT2D eigenvalue weighted by Gasteiger charge is 2.52. The van der Waals surface area contributed by atoms with Crippen LogP contribution in [0.15, 0.2) is 54.7 Å². The average Bonchev–Trinajstić information content (AvgIpc) is 3.72. The predicted octanol–water partition coefficient (Wildman–Crippen LogP) is 7.00. The van der Waals surface area contributed by atoms with Gasteiger partial charge in [0.2, 0.25) is 33.7 Å². The molecule has 2 unspecified atom stereocenters. The fourth-order valence-electron chi connectivity index (χ4n) is 11.0. The first-order chi connectivity index (χ1) is 31.5. The number of hydrogen-bond donors (Lipinski definition) is 3. The minimum absolute atomic E-state index is 0.0321. The zero-order valence-electron chi connectivity index (χ0n) is 38.4. The highest BCUT2D eigenvalue weighted by Crippen LogP contribution is 2.50. The second kappa shape index (κ2) is 18.3. The molecule has 0 bridgehead atoms. The molecule has 14 nitrogen and oxygen atoms in total. The third-order valence-electron chi connectivity index (χ3n) is 14.6. The monoisotopic (exact) mass is 939 g/mol. The summed E-state index contributed by atoms with van der Waals surface area (Å²) in [5, 5.41) is 11.2. The highest BCUT2D eigenvalue weighted by molar-refractivity contribution is 7.89. The molecule has 17 heteroatoms. The number of anilines is 2. The molecule has 4 saturated heterocycles. The number of piperidine rings is 3. The molecule has 6 heterocycles. The van der Waals surface area contributed by atoms with E-state index < -0.39 is 21.1 Å². The van der Waals surface area contributed by atoms with Gasteiger partial charge in [0.05, 0.1) is 27.2 Å². The van der Waals surface area contributed by atoms with Crippen LogP contribution in [0.5, 0.6) is 0 Å². The normalized spacial score (nSPS) is 21.6. The highest BCUT2D eigenvalue weighted by atomic mass is 32.2. The number of nitrogens with two attached hydrogens (primary N) is 1. The van der Waals surface area contributed by atoms with E-state index in [1.807, 2.05) is 18.2 Å². The fourth-order valence-corrected chi connectivity index (χ4v) is 13.1. The van der Waals surface area contributed by atoms with Crippen LogP contribution in [0.1, 0.15) is 113 Å². The molecule has 3 amide bonds. The molecule has 66 heavy (non-hydrogen) atoms. The van der Waals surface area contributed by atoms with Crippen molar-refractivity contribution in [2.24, 2.45) is 22.4 Å². The fraction of sp³-hybridized carbons (Fsp3) is 0.551. The van der Waals surface area contributed by atoms with Crippen molar-refractivity contribution in [2.45, 2.75) is 108 Å². The number of carbonyl (C=O) groups is 3. The molecule has 0 radical (unpaired) electrons. The van der Waals surface area contributed by atoms with Crippen LogP contribution in [-0.2, 0) is 29.8 Å². The van der Waals surface area contributed by atoms with Crippen molar-refractivity contribution in [2.75, 3.05) is 56.0 Å². The van der Waals surface area contributed by atoms with Gasteiger partial charge in [-0.2, -0.15) is 0 Å². The first-order valence-corrected chi connectivity index (χ1v) is 26.0. The first kappa shape index (κ1) is 46.3. The summed E-state index contributed by atoms with van der Waals surface area (Å²) in [4.78, 5) is 59.6. The lowest BCUT2D eigenvalue weighted by atomic mass is 9.60. The number of amides is 3. The number of likely N-dealkylation sites (tertiary alicyclic amines) is 2. The van der Waals surface area contributed by atoms with Gasteiger partial charge >= 0.3 is 0 Å². The van der Waals surface area contributed by atoms with Crippen LogP contribution in [0.3, 0.4) is 0 Å². The Kier molecular flexibility index (Phi) is 12.9. The Morgan fingerprint density at radius 2 is 1.70 bits per heavy atom. The molecule has 352 valence electrons. The largest absolute Gasteiger partial charge is 0.371 e. The van der Waals surface area contributed by atoms with Crippen LogP contribution in [0.2, 0.25) is 0 Å². The number of hydrogen-bond acceptors (Lipinski definition) is 12. The number of halogens is 1. The molecule has 5 aliphatic rings. The van der Waals surface area contributed by atoms with Gasteiger partial charge in [-0.05, 0) is 92.5 Å². The second-order valence-electron chi connectivity index (χ2n) is 20.5. The van der Waals surface area contributed by atoms with E-state index in [1.165, 1.54) is 17.4 Å². The number of primary sulfonamides is 1. The van der Waals surface area contributed by atoms with Gasteiger partial charge in [0, 0.05) is 92.6 Å². The van der Waals surface area contributed by atoms with E-state index in [4.69, 9.17) is 15.1 Å². The smallest absolute Gasteiger partial charge is 0.234 e. The average molecular weight is 940 g/mol. The van der Waals surface area contributed by atoms with Crippen LogP contribution in [0.25, 0.3) is 21.8 Å². The van der Waals surface area contributed by atoms with Crippen molar-refractivity contribution in [3.8, 4) is 21.8 Å². The topological polar surface area (TPSA) is 184 Å². The zero-order chi connectivity index (χ0) is 46.5. The van der Waals surface area contributed by atoms with E-state index in [0.717, 1.165) is 101 Å². The minimum atomic E-state index is -4.03. The number of carbonyl (C=O) groups excluding carboxylic acids is 3. The Morgan fingerprint density at radius 3 is 2.35 bits per heavy atom. The van der Waals surface area contributed by atoms with E-state index in [-0.39, 0.29) is 52.7 Å². The number of nitrogens with one attached hydrogen (secondary N) is 2. The maximum atomic E-state index is 16.3. The predicted molar refractivity (Wildman–Crippen MR) is 255 cm³/mol. The van der Waals surface area contributed by atoms with Crippen LogP contribution < -0.4 is 20.7 Å². The molecule has 4 aromatic rings. The number of imide groups is 1. The molecule has 4 aliphatic heterocycles. The summed E-state index contributed by atoms with van der Waals surface area (Å²) in [6, 6.07) is 14.9. The van der Waals surface area contributed by atoms with E-state index in [0.29, 0.717) is 52.3 Å². The van der Waals surface area contributed by atoms with Crippen LogP contribution in [0, 0.1) is 23.1 Å². The Morgan fingerprint density at radius 1 is 0.985 bits per heavy atom. The van der Waals surface area contributed by atoms with Gasteiger partial charge in [-0.15, -0.1) is 11.3 Å². The Labute approximate surface area is 391 Å². The number of nitrogens with zero attached hydrogens (tertiary/aromatic N) is 6. The van der Waals surface area contributed by atoms with Crippen molar-refractivity contribution < 1.29 is 27.2 Å². The van der Waals surface area contributed by atoms with Gasteiger partial charge in [0.15, 0.2) is 0 Å². The molecular weight excluding hydrogens is 878 g/mol. The van der Waals surface area contributed by atoms with Gasteiger partial charge < -0.3 is 20.0 Å². The Hall–Kier alpha value is -4.84. The van der Waals surface area contributed by atoms with E-state index >= 15 is 4.39 Å². The molecule has 1 aliphatic carbocycles. The molecule has 5 fully saturated rings. The summed E-state index contributed by atoms with van der Waals surface area (Å²) in [7, 11) is -4.03. The summed E-state index contributed by atoms with van der Waals surface area (Å²) >= 11 is 1.45. The van der Waals surface area contributed by atoms with Crippen molar-refractivity contribution >= 4 is 50.7 Å². The zero-order valence-corrected chi connectivity index (χ0v) is 40.0. The number of benzene rings is 2. The van der Waals surface area contributed by atoms with Crippen molar-refractivity contribution in [1.29, 1.82) is 0 Å². The molecule has 2 aromatic heterocycles. The van der Waals surface area contributed by atoms with Gasteiger partial charge in [0.1, 0.15) is 11.1 Å². The first-order valence-electron chi connectivity index (χ1n) is 23.6. The lowest BCUT2D eigenvalue weighted by Crippen LogP contribution is -2.65. The third kappa shape index (κ3) is 9.63. The summed E-state index contributed by atoms with van der Waals surface area (Å²) in [6.45, 7) is 14.4. The lowest BCUT2D eigenvalue weighted by molar-refractivity contribution is -0.138. The van der Waals surface area contributed by atoms with E-state index in [1.54, 1.807) is 25.3 Å². The minimum Gasteiger partial charge on any atom is -0.371 e. The maximum absolute atomic E-state index is 16.3. The Bertz CT molecular complexity index is 2570. The molecule has 1 saturated carbocycles. The number of thiazole rings is 1. The van der Waals surface area contributed by atoms with Crippen molar-refractivity contribution in [3.05, 3.63) is 76.7 Å². The quantitative estimate of drug-likeness (QED) is 0.124. The van der Waals surface area contributed by atoms with Crippen LogP contribution in [-0.4, -0.2) is 103 Å². The van der Waals surface area contributed by atoms with E-state index in [2.05, 4.69) is 63.2 Å². The summed E-state index contributed by atoms with van der Waals surface area (Å²) < 4.78 is 41.1. The van der Waals surface area contributed by atoms with Gasteiger partial charge in [-0.3, -0.25) is 19.7 Å². The molecule has 9 rings (SSSR count). The molecule has 2 aromatic carbocycles. The second-order valence-corrected chi connectivity index (χ2v) is 23.2. The van der Waals surface area contributed by atoms with Gasteiger partial charge in [-0.1, -0.05) is 52.0 Å². The number of aromatic nitrogens is 3. The molecule has 4 N–H and O–H groups in total. The van der Waals surface area contributed by atoms with Gasteiger partial charge in [-0.25, -0.2) is 32.9 Å². The Balaban J connectivity index is 0.732. The summed E-state index contributed by atoms with van der Waals surface area (Å²) in [5.41, 5.74) is 3.30. The molecule has 2 atom stereocenters. The maximum Gasteiger partial charge on any atom is 0.234 e. The third-order valence-corrected chi connectivity index (χ3v) is 17.4. The lowest BCUT2D eigenvalue weighted by Gasteiger charge is -2.60. The molecular formula is C49H62FN9O5S2. The number of rotatable bonds is 12. The van der Waals surface area contributed by atoms with Crippen LogP contribution >= 0.6 is 11.3 Å². The van der Waals surface area contributed by atoms with Crippen molar-refractivity contribution in [1.82, 2.24) is 30.1 Å². The SMILES string of the molecule is CCC(c1cccc(-c2nc(C(C)(C)C)sc2-c2ccnc(NC3CC4(C3)CN(CC3CCN(C(=O)C5CCN(c6ccc(C7CCC(=O)NC7=O)cc6)CC5)CC3)C4)n2)c1F)S(N)(=O)=O. The van der Waals surface area contributed by atoms with Gasteiger partial charge in [0.25, 0.3) is 0 Å². The molecule has 1 spiro atoms. The summed E-state index contributed by atoms with van der Waals surface area (Å²) in [6.07, 6.45) is 8.59.